The van der Waals surface area contributed by atoms with Crippen molar-refractivity contribution < 1.29 is 0 Å². The van der Waals surface area contributed by atoms with E-state index in [9.17, 15) is 0 Å². The maximum absolute atomic E-state index is 5.69. The normalized spacial score (nSPS) is 13.9. The Kier molecular flexibility index (Phi) is 5.03. The van der Waals surface area contributed by atoms with Gasteiger partial charge < -0.3 is 11.1 Å². The summed E-state index contributed by atoms with van der Waals surface area (Å²) in [4.78, 5) is 15.8. The molecule has 3 aromatic rings. The fourth-order valence-electron chi connectivity index (χ4n) is 3.78. The molecule has 0 amide bonds. The third-order valence-corrected chi connectivity index (χ3v) is 6.45. The lowest BCUT2D eigenvalue weighted by Gasteiger charge is -2.11. The third kappa shape index (κ3) is 3.06. The van der Waals surface area contributed by atoms with Gasteiger partial charge in [0, 0.05) is 24.2 Å². The SMILES string of the molecule is CSc1nc(NCCN)c2sc3nc(CC(C)C)c4c(c3c2n1)CCC4. The van der Waals surface area contributed by atoms with Crippen LogP contribution in [-0.4, -0.2) is 34.3 Å². The topological polar surface area (TPSA) is 76.7 Å². The van der Waals surface area contributed by atoms with E-state index >= 15 is 0 Å². The smallest absolute Gasteiger partial charge is 0.189 e. The van der Waals surface area contributed by atoms with Crippen molar-refractivity contribution in [1.82, 2.24) is 15.0 Å². The zero-order chi connectivity index (χ0) is 18.3. The van der Waals surface area contributed by atoms with Gasteiger partial charge in [-0.3, -0.25) is 0 Å². The highest BCUT2D eigenvalue weighted by Crippen LogP contribution is 2.42. The van der Waals surface area contributed by atoms with Gasteiger partial charge >= 0.3 is 0 Å². The second-order valence-corrected chi connectivity index (χ2v) is 8.97. The maximum atomic E-state index is 5.69. The Morgan fingerprint density at radius 3 is 2.73 bits per heavy atom. The lowest BCUT2D eigenvalue weighted by atomic mass is 9.99. The van der Waals surface area contributed by atoms with Crippen LogP contribution >= 0.6 is 23.1 Å². The Hall–Kier alpha value is -1.44. The molecule has 138 valence electrons. The summed E-state index contributed by atoms with van der Waals surface area (Å²) in [5.74, 6) is 1.51. The minimum atomic E-state index is 0.581. The summed E-state index contributed by atoms with van der Waals surface area (Å²) < 4.78 is 1.11. The lowest BCUT2D eigenvalue weighted by molar-refractivity contribution is 0.632. The second-order valence-electron chi connectivity index (χ2n) is 7.20. The lowest BCUT2D eigenvalue weighted by Crippen LogP contribution is -2.14. The van der Waals surface area contributed by atoms with Gasteiger partial charge in [-0.05, 0) is 49.0 Å². The summed E-state index contributed by atoms with van der Waals surface area (Å²) in [7, 11) is 0. The fourth-order valence-corrected chi connectivity index (χ4v) is 5.28. The van der Waals surface area contributed by atoms with Gasteiger partial charge in [-0.25, -0.2) is 15.0 Å². The van der Waals surface area contributed by atoms with E-state index in [-0.39, 0.29) is 0 Å². The monoisotopic (exact) mass is 387 g/mol. The number of hydrogen-bond acceptors (Lipinski definition) is 7. The molecule has 1 aliphatic rings. The van der Waals surface area contributed by atoms with Crippen LogP contribution in [0.4, 0.5) is 5.82 Å². The number of thioether (sulfide) groups is 1. The van der Waals surface area contributed by atoms with Crippen molar-refractivity contribution >= 4 is 49.3 Å². The van der Waals surface area contributed by atoms with Crippen molar-refractivity contribution in [2.75, 3.05) is 24.7 Å². The van der Waals surface area contributed by atoms with Crippen LogP contribution < -0.4 is 11.1 Å². The first-order valence-corrected chi connectivity index (χ1v) is 11.3. The molecule has 3 aromatic heterocycles. The molecule has 4 rings (SSSR count). The van der Waals surface area contributed by atoms with E-state index in [1.807, 2.05) is 6.26 Å². The van der Waals surface area contributed by atoms with E-state index in [0.717, 1.165) is 45.3 Å². The van der Waals surface area contributed by atoms with Crippen molar-refractivity contribution in [2.45, 2.75) is 44.7 Å². The first kappa shape index (κ1) is 17.9. The minimum absolute atomic E-state index is 0.581. The number of rotatable bonds is 6. The molecule has 5 nitrogen and oxygen atoms in total. The van der Waals surface area contributed by atoms with Gasteiger partial charge in [0.05, 0.1) is 10.2 Å². The number of nitrogens with zero attached hydrogens (tertiary/aromatic N) is 3. The molecule has 3 N–H and O–H groups in total. The molecule has 3 heterocycles. The molecule has 0 unspecified atom stereocenters. The predicted octanol–water partition coefficient (Wildman–Crippen LogP) is 4.02. The zero-order valence-electron chi connectivity index (χ0n) is 15.6. The summed E-state index contributed by atoms with van der Waals surface area (Å²) >= 11 is 3.30. The van der Waals surface area contributed by atoms with Crippen molar-refractivity contribution in [2.24, 2.45) is 11.7 Å². The van der Waals surface area contributed by atoms with E-state index in [1.165, 1.54) is 28.6 Å². The fraction of sp³-hybridized carbons (Fsp3) is 0.526. The van der Waals surface area contributed by atoms with E-state index in [1.54, 1.807) is 23.1 Å². The molecule has 0 radical (unpaired) electrons. The Morgan fingerprint density at radius 1 is 1.19 bits per heavy atom. The minimum Gasteiger partial charge on any atom is -0.367 e. The highest BCUT2D eigenvalue weighted by atomic mass is 32.2. The van der Waals surface area contributed by atoms with Crippen LogP contribution in [0.1, 0.15) is 37.1 Å². The van der Waals surface area contributed by atoms with E-state index in [4.69, 9.17) is 15.7 Å². The summed E-state index contributed by atoms with van der Waals surface area (Å²) in [6, 6.07) is 0. The van der Waals surface area contributed by atoms with Crippen LogP contribution in [0.2, 0.25) is 0 Å². The van der Waals surface area contributed by atoms with Crippen LogP contribution in [0.25, 0.3) is 20.4 Å². The number of pyridine rings is 1. The van der Waals surface area contributed by atoms with Crippen LogP contribution in [0.5, 0.6) is 0 Å². The van der Waals surface area contributed by atoms with Crippen molar-refractivity contribution in [3.63, 3.8) is 0 Å². The Morgan fingerprint density at radius 2 is 2.00 bits per heavy atom. The maximum Gasteiger partial charge on any atom is 0.189 e. The molecule has 0 atom stereocenters. The van der Waals surface area contributed by atoms with Gasteiger partial charge in [0.1, 0.15) is 10.6 Å². The van der Waals surface area contributed by atoms with Gasteiger partial charge in [0.25, 0.3) is 0 Å². The van der Waals surface area contributed by atoms with Crippen LogP contribution in [0, 0.1) is 5.92 Å². The summed E-state index contributed by atoms with van der Waals surface area (Å²) in [6.45, 7) is 5.82. The molecular weight excluding hydrogens is 362 g/mol. The van der Waals surface area contributed by atoms with Crippen LogP contribution in [-0.2, 0) is 19.3 Å². The first-order chi connectivity index (χ1) is 12.6. The van der Waals surface area contributed by atoms with Gasteiger partial charge in [-0.2, -0.15) is 0 Å². The quantitative estimate of drug-likeness (QED) is 0.491. The van der Waals surface area contributed by atoms with E-state index in [2.05, 4.69) is 24.1 Å². The highest BCUT2D eigenvalue weighted by molar-refractivity contribution is 7.98. The van der Waals surface area contributed by atoms with Gasteiger partial charge in [-0.15, -0.1) is 11.3 Å². The summed E-state index contributed by atoms with van der Waals surface area (Å²) in [6.07, 6.45) is 6.57. The van der Waals surface area contributed by atoms with Gasteiger partial charge in [-0.1, -0.05) is 25.6 Å². The van der Waals surface area contributed by atoms with Crippen molar-refractivity contribution in [3.8, 4) is 0 Å². The molecule has 0 fully saturated rings. The third-order valence-electron chi connectivity index (χ3n) is 4.82. The Labute approximate surface area is 162 Å². The molecule has 0 bridgehead atoms. The molecule has 7 heteroatoms. The highest BCUT2D eigenvalue weighted by Gasteiger charge is 2.25. The largest absolute Gasteiger partial charge is 0.367 e. The molecule has 26 heavy (non-hydrogen) atoms. The predicted molar refractivity (Wildman–Crippen MR) is 113 cm³/mol. The molecule has 0 spiro atoms. The van der Waals surface area contributed by atoms with Crippen LogP contribution in [0.15, 0.2) is 5.16 Å². The number of anilines is 1. The summed E-state index contributed by atoms with van der Waals surface area (Å²) in [5.41, 5.74) is 11.0. The molecular formula is C19H25N5S2. The average molecular weight is 388 g/mol. The van der Waals surface area contributed by atoms with Crippen molar-refractivity contribution in [3.05, 3.63) is 16.8 Å². The van der Waals surface area contributed by atoms with Crippen LogP contribution in [0.3, 0.4) is 0 Å². The molecule has 1 aliphatic carbocycles. The standard InChI is InChI=1S/C19H25N5S2/c1-10(2)9-13-11-5-4-6-12(11)14-15-16(26-18(14)22-13)17(21-8-7-20)24-19(23-15)25-3/h10H,4-9,20H2,1-3H3,(H,21,23,24). The zero-order valence-corrected chi connectivity index (χ0v) is 17.2. The summed E-state index contributed by atoms with van der Waals surface area (Å²) in [5, 5.41) is 5.44. The molecule has 0 saturated heterocycles. The number of nitrogens with one attached hydrogen (secondary N) is 1. The van der Waals surface area contributed by atoms with Gasteiger partial charge in [0.2, 0.25) is 0 Å². The average Bonchev–Trinajstić information content (AvgIpc) is 3.23. The van der Waals surface area contributed by atoms with E-state index < -0.39 is 0 Å². The Bertz CT molecular complexity index is 964. The molecule has 0 saturated carbocycles. The number of aromatic nitrogens is 3. The molecule has 0 aromatic carbocycles. The second kappa shape index (κ2) is 7.29. The number of aryl methyl sites for hydroxylation is 1. The number of fused-ring (bicyclic) bond motifs is 5. The number of nitrogens with two attached hydrogens (primary N) is 1. The van der Waals surface area contributed by atoms with E-state index in [0.29, 0.717) is 19.0 Å². The molecule has 0 aliphatic heterocycles. The first-order valence-electron chi connectivity index (χ1n) is 9.25. The van der Waals surface area contributed by atoms with Gasteiger partial charge in [0.15, 0.2) is 5.16 Å². The number of thiophene rings is 1. The Balaban J connectivity index is 2.00. The van der Waals surface area contributed by atoms with Crippen molar-refractivity contribution in [1.29, 1.82) is 0 Å². The number of hydrogen-bond donors (Lipinski definition) is 2.